The number of amides is 1. The minimum Gasteiger partial charge on any atom is -0.357 e. The number of anilines is 2. The van der Waals surface area contributed by atoms with E-state index in [1.165, 1.54) is 24.0 Å². The Morgan fingerprint density at radius 3 is 2.46 bits per heavy atom. The second kappa shape index (κ2) is 7.47. The van der Waals surface area contributed by atoms with Gasteiger partial charge in [-0.1, -0.05) is 29.8 Å². The van der Waals surface area contributed by atoms with Crippen molar-refractivity contribution in [2.45, 2.75) is 39.5 Å². The van der Waals surface area contributed by atoms with Gasteiger partial charge in [0.1, 0.15) is 5.82 Å². The zero-order chi connectivity index (χ0) is 16.9. The molecule has 1 aliphatic rings. The third-order valence-corrected chi connectivity index (χ3v) is 4.54. The van der Waals surface area contributed by atoms with Crippen LogP contribution in [0.15, 0.2) is 36.4 Å². The number of benzene rings is 1. The molecule has 0 radical (unpaired) electrons. The van der Waals surface area contributed by atoms with Gasteiger partial charge >= 0.3 is 0 Å². The van der Waals surface area contributed by atoms with Crippen molar-refractivity contribution >= 4 is 17.4 Å². The molecule has 1 N–H and O–H groups in total. The molecule has 4 heteroatoms. The maximum absolute atomic E-state index is 12.2. The molecule has 1 aromatic carbocycles. The van der Waals surface area contributed by atoms with Crippen molar-refractivity contribution < 1.29 is 4.79 Å². The average molecular weight is 323 g/mol. The van der Waals surface area contributed by atoms with E-state index in [-0.39, 0.29) is 5.91 Å². The Kier molecular flexibility index (Phi) is 5.14. The molecule has 1 aromatic heterocycles. The van der Waals surface area contributed by atoms with Crippen LogP contribution in [0.25, 0.3) is 0 Å². The first-order chi connectivity index (χ1) is 11.6. The number of hydrogen-bond donors (Lipinski definition) is 1. The highest BCUT2D eigenvalue weighted by atomic mass is 16.1. The Morgan fingerprint density at radius 1 is 1.08 bits per heavy atom. The predicted molar refractivity (Wildman–Crippen MR) is 98.6 cm³/mol. The molecule has 3 rings (SSSR count). The summed E-state index contributed by atoms with van der Waals surface area (Å²) in [5.74, 6) is 1.05. The number of carbonyl (C=O) groups excluding carboxylic acids is 1. The fourth-order valence-electron chi connectivity index (χ4n) is 3.03. The monoisotopic (exact) mass is 323 g/mol. The third-order valence-electron chi connectivity index (χ3n) is 4.54. The molecule has 0 unspecified atom stereocenters. The van der Waals surface area contributed by atoms with Crippen LogP contribution in [0.1, 0.15) is 36.1 Å². The van der Waals surface area contributed by atoms with Crippen molar-refractivity contribution in [1.82, 2.24) is 4.98 Å². The molecule has 2 heterocycles. The number of nitrogens with one attached hydrogen (secondary N) is 1. The molecule has 24 heavy (non-hydrogen) atoms. The molecule has 126 valence electrons. The lowest BCUT2D eigenvalue weighted by atomic mass is 10.1. The van der Waals surface area contributed by atoms with Crippen molar-refractivity contribution in [3.8, 4) is 0 Å². The van der Waals surface area contributed by atoms with Crippen LogP contribution in [0.3, 0.4) is 0 Å². The van der Waals surface area contributed by atoms with E-state index in [0.29, 0.717) is 6.42 Å². The van der Waals surface area contributed by atoms with E-state index in [9.17, 15) is 4.79 Å². The van der Waals surface area contributed by atoms with Gasteiger partial charge in [0.25, 0.3) is 0 Å². The largest absolute Gasteiger partial charge is 0.357 e. The van der Waals surface area contributed by atoms with Crippen LogP contribution in [0, 0.1) is 13.8 Å². The lowest BCUT2D eigenvalue weighted by molar-refractivity contribution is -0.116. The molecular formula is C20H25N3O. The number of hydrogen-bond acceptors (Lipinski definition) is 3. The van der Waals surface area contributed by atoms with Gasteiger partial charge in [-0.05, 0) is 50.8 Å². The van der Waals surface area contributed by atoms with Crippen LogP contribution < -0.4 is 10.2 Å². The van der Waals surface area contributed by atoms with Gasteiger partial charge in [0.15, 0.2) is 0 Å². The van der Waals surface area contributed by atoms with Crippen LogP contribution in [0.2, 0.25) is 0 Å². The summed E-state index contributed by atoms with van der Waals surface area (Å²) in [6, 6.07) is 12.3. The zero-order valence-corrected chi connectivity index (χ0v) is 14.5. The second-order valence-corrected chi connectivity index (χ2v) is 6.53. The standard InChI is InChI=1S/C20H25N3O/c1-15-5-7-17(8-6-15)9-12-20(24)22-18-10-11-19(21-16(18)2)23-13-3-4-14-23/h5-8,10-11H,3-4,9,12-14H2,1-2H3,(H,22,24). The Labute approximate surface area is 143 Å². The number of nitrogens with zero attached hydrogens (tertiary/aromatic N) is 2. The summed E-state index contributed by atoms with van der Waals surface area (Å²) in [7, 11) is 0. The van der Waals surface area contributed by atoms with Gasteiger partial charge in [-0.3, -0.25) is 4.79 Å². The van der Waals surface area contributed by atoms with Crippen LogP contribution in [-0.2, 0) is 11.2 Å². The highest BCUT2D eigenvalue weighted by molar-refractivity contribution is 5.91. The molecule has 1 saturated heterocycles. The highest BCUT2D eigenvalue weighted by Gasteiger charge is 2.15. The Bertz CT molecular complexity index is 703. The molecule has 2 aromatic rings. The van der Waals surface area contributed by atoms with Gasteiger partial charge in [-0.2, -0.15) is 0 Å². The molecule has 0 atom stereocenters. The van der Waals surface area contributed by atoms with E-state index >= 15 is 0 Å². The van der Waals surface area contributed by atoms with E-state index < -0.39 is 0 Å². The van der Waals surface area contributed by atoms with Crippen molar-refractivity contribution in [2.75, 3.05) is 23.3 Å². The van der Waals surface area contributed by atoms with E-state index in [1.54, 1.807) is 0 Å². The van der Waals surface area contributed by atoms with Gasteiger partial charge in [-0.15, -0.1) is 0 Å². The van der Waals surface area contributed by atoms with Gasteiger partial charge in [0.2, 0.25) is 5.91 Å². The molecule has 1 fully saturated rings. The molecule has 4 nitrogen and oxygen atoms in total. The molecular weight excluding hydrogens is 298 g/mol. The molecule has 0 aliphatic carbocycles. The molecule has 0 spiro atoms. The fraction of sp³-hybridized carbons (Fsp3) is 0.400. The summed E-state index contributed by atoms with van der Waals surface area (Å²) >= 11 is 0. The quantitative estimate of drug-likeness (QED) is 0.908. The molecule has 0 bridgehead atoms. The highest BCUT2D eigenvalue weighted by Crippen LogP contribution is 2.22. The third kappa shape index (κ3) is 4.13. The minimum absolute atomic E-state index is 0.0365. The van der Waals surface area contributed by atoms with Crippen molar-refractivity contribution in [3.63, 3.8) is 0 Å². The average Bonchev–Trinajstić information content (AvgIpc) is 3.11. The molecule has 1 aliphatic heterocycles. The summed E-state index contributed by atoms with van der Waals surface area (Å²) in [4.78, 5) is 19.1. The van der Waals surface area contributed by atoms with Crippen LogP contribution in [0.4, 0.5) is 11.5 Å². The topological polar surface area (TPSA) is 45.2 Å². The minimum atomic E-state index is 0.0365. The number of rotatable bonds is 5. The Morgan fingerprint density at radius 2 is 1.79 bits per heavy atom. The number of aryl methyl sites for hydroxylation is 3. The number of carbonyl (C=O) groups is 1. The summed E-state index contributed by atoms with van der Waals surface area (Å²) < 4.78 is 0. The lowest BCUT2D eigenvalue weighted by Crippen LogP contribution is -2.20. The summed E-state index contributed by atoms with van der Waals surface area (Å²) in [6.45, 7) is 6.18. The van der Waals surface area contributed by atoms with E-state index in [1.807, 2.05) is 19.1 Å². The molecule has 1 amide bonds. The van der Waals surface area contributed by atoms with Gasteiger partial charge in [0, 0.05) is 19.5 Å². The van der Waals surface area contributed by atoms with Gasteiger partial charge in [0.05, 0.1) is 11.4 Å². The summed E-state index contributed by atoms with van der Waals surface area (Å²) in [5, 5.41) is 2.99. The first-order valence-electron chi connectivity index (χ1n) is 8.70. The van der Waals surface area contributed by atoms with E-state index in [2.05, 4.69) is 46.4 Å². The van der Waals surface area contributed by atoms with Crippen molar-refractivity contribution in [1.29, 1.82) is 0 Å². The van der Waals surface area contributed by atoms with Crippen molar-refractivity contribution in [3.05, 3.63) is 53.2 Å². The smallest absolute Gasteiger partial charge is 0.224 e. The zero-order valence-electron chi connectivity index (χ0n) is 14.5. The van der Waals surface area contributed by atoms with E-state index in [0.717, 1.165) is 36.7 Å². The normalized spacial score (nSPS) is 14.0. The number of pyridine rings is 1. The van der Waals surface area contributed by atoms with E-state index in [4.69, 9.17) is 0 Å². The van der Waals surface area contributed by atoms with Crippen LogP contribution in [0.5, 0.6) is 0 Å². The number of aromatic nitrogens is 1. The fourth-order valence-corrected chi connectivity index (χ4v) is 3.03. The summed E-state index contributed by atoms with van der Waals surface area (Å²) in [5.41, 5.74) is 4.12. The predicted octanol–water partition coefficient (Wildman–Crippen LogP) is 3.87. The maximum Gasteiger partial charge on any atom is 0.224 e. The van der Waals surface area contributed by atoms with Crippen molar-refractivity contribution in [2.24, 2.45) is 0 Å². The maximum atomic E-state index is 12.2. The van der Waals surface area contributed by atoms with Crippen LogP contribution in [-0.4, -0.2) is 24.0 Å². The first kappa shape index (κ1) is 16.5. The Hall–Kier alpha value is -2.36. The summed E-state index contributed by atoms with van der Waals surface area (Å²) in [6.07, 6.45) is 3.71. The van der Waals surface area contributed by atoms with Crippen LogP contribution >= 0.6 is 0 Å². The molecule has 0 saturated carbocycles. The second-order valence-electron chi connectivity index (χ2n) is 6.53. The van der Waals surface area contributed by atoms with Gasteiger partial charge < -0.3 is 10.2 Å². The Balaban J connectivity index is 1.56. The lowest BCUT2D eigenvalue weighted by Gasteiger charge is -2.18. The SMILES string of the molecule is Cc1ccc(CCC(=O)Nc2ccc(N3CCCC3)nc2C)cc1. The van der Waals surface area contributed by atoms with Gasteiger partial charge in [-0.25, -0.2) is 4.98 Å². The first-order valence-corrected chi connectivity index (χ1v) is 8.70.